The molecule has 1 N–H and O–H groups in total. The van der Waals surface area contributed by atoms with Gasteiger partial charge in [-0.1, -0.05) is 29.8 Å². The predicted molar refractivity (Wildman–Crippen MR) is 118 cm³/mol. The normalized spacial score (nSPS) is 11.4. The van der Waals surface area contributed by atoms with Crippen LogP contribution < -0.4 is 16.6 Å². The molecule has 1 amide bonds. The number of benzene rings is 2. The van der Waals surface area contributed by atoms with Gasteiger partial charge in [0.25, 0.3) is 11.5 Å². The molecule has 0 aliphatic rings. The zero-order chi connectivity index (χ0) is 24.9. The molecule has 0 saturated carbocycles. The van der Waals surface area contributed by atoms with E-state index in [0.29, 0.717) is 18.7 Å². The lowest BCUT2D eigenvalue weighted by molar-refractivity contribution is -0.137. The van der Waals surface area contributed by atoms with Gasteiger partial charge >= 0.3 is 11.9 Å². The van der Waals surface area contributed by atoms with E-state index in [1.54, 1.807) is 24.3 Å². The average molecular weight is 476 g/mol. The van der Waals surface area contributed by atoms with E-state index in [0.717, 1.165) is 26.9 Å². The molecule has 1 aromatic heterocycles. The Bertz CT molecular complexity index is 1260. The van der Waals surface area contributed by atoms with E-state index in [9.17, 15) is 27.6 Å². The van der Waals surface area contributed by atoms with E-state index in [4.69, 9.17) is 4.74 Å². The fraction of sp³-hybridized carbons (Fsp3) is 0.304. The lowest BCUT2D eigenvalue weighted by Gasteiger charge is -2.13. The zero-order valence-corrected chi connectivity index (χ0v) is 18.6. The summed E-state index contributed by atoms with van der Waals surface area (Å²) in [6.07, 6.45) is -4.02. The second-order valence-electron chi connectivity index (χ2n) is 7.57. The third-order valence-corrected chi connectivity index (χ3v) is 4.99. The maximum absolute atomic E-state index is 13.1. The summed E-state index contributed by atoms with van der Waals surface area (Å²) in [4.78, 5) is 38.8. The highest BCUT2D eigenvalue weighted by Crippen LogP contribution is 2.29. The summed E-state index contributed by atoms with van der Waals surface area (Å²) in [5, 5.41) is 6.56. The molecule has 11 heteroatoms. The van der Waals surface area contributed by atoms with Crippen molar-refractivity contribution in [1.29, 1.82) is 0 Å². The van der Waals surface area contributed by atoms with Crippen molar-refractivity contribution in [2.45, 2.75) is 26.1 Å². The summed E-state index contributed by atoms with van der Waals surface area (Å²) in [7, 11) is 1.51. The van der Waals surface area contributed by atoms with E-state index < -0.39 is 34.6 Å². The van der Waals surface area contributed by atoms with Gasteiger partial charge in [-0.25, -0.2) is 4.79 Å². The lowest BCUT2D eigenvalue weighted by atomic mass is 10.1. The number of nitrogens with zero attached hydrogens (tertiary/aromatic N) is 3. The Labute approximate surface area is 192 Å². The van der Waals surface area contributed by atoms with Crippen LogP contribution in [0.4, 0.5) is 13.2 Å². The quantitative estimate of drug-likeness (QED) is 0.505. The number of nitrogens with one attached hydrogen (secondary N) is 1. The molecule has 2 aromatic carbocycles. The summed E-state index contributed by atoms with van der Waals surface area (Å²) >= 11 is 0. The van der Waals surface area contributed by atoms with E-state index in [-0.39, 0.29) is 18.7 Å². The van der Waals surface area contributed by atoms with Crippen molar-refractivity contribution in [2.75, 3.05) is 20.3 Å². The van der Waals surface area contributed by atoms with Gasteiger partial charge in [-0.3, -0.25) is 14.2 Å². The van der Waals surface area contributed by atoms with Crippen LogP contribution in [0.2, 0.25) is 0 Å². The third-order valence-electron chi connectivity index (χ3n) is 4.99. The van der Waals surface area contributed by atoms with Crippen LogP contribution in [-0.2, 0) is 17.5 Å². The largest absolute Gasteiger partial charge is 0.416 e. The van der Waals surface area contributed by atoms with Gasteiger partial charge in [0, 0.05) is 20.3 Å². The monoisotopic (exact) mass is 476 g/mol. The number of alkyl halides is 3. The maximum atomic E-state index is 13.1. The van der Waals surface area contributed by atoms with E-state index in [1.165, 1.54) is 19.2 Å². The van der Waals surface area contributed by atoms with Crippen molar-refractivity contribution in [3.63, 3.8) is 0 Å². The molecular weight excluding hydrogens is 453 g/mol. The molecule has 1 heterocycles. The van der Waals surface area contributed by atoms with E-state index in [1.807, 2.05) is 6.92 Å². The van der Waals surface area contributed by atoms with Gasteiger partial charge in [-0.2, -0.15) is 23.0 Å². The predicted octanol–water partition coefficient (Wildman–Crippen LogP) is 2.54. The minimum absolute atomic E-state index is 0.219. The van der Waals surface area contributed by atoms with Crippen LogP contribution >= 0.6 is 0 Å². The van der Waals surface area contributed by atoms with Crippen LogP contribution in [0.5, 0.6) is 0 Å². The highest BCUT2D eigenvalue weighted by Gasteiger charge is 2.30. The third kappa shape index (κ3) is 5.79. The number of halogens is 3. The summed E-state index contributed by atoms with van der Waals surface area (Å²) in [5.74, 6) is -0.775. The first-order valence-corrected chi connectivity index (χ1v) is 10.4. The van der Waals surface area contributed by atoms with Crippen molar-refractivity contribution in [3.05, 3.63) is 91.8 Å². The molecule has 0 aliphatic heterocycles. The topological polar surface area (TPSA) is 95.2 Å². The first-order chi connectivity index (χ1) is 16.1. The van der Waals surface area contributed by atoms with Crippen LogP contribution in [0.25, 0.3) is 5.69 Å². The Hall–Kier alpha value is -3.73. The van der Waals surface area contributed by atoms with Crippen molar-refractivity contribution in [1.82, 2.24) is 19.7 Å². The molecule has 8 nitrogen and oxygen atoms in total. The molecule has 0 bridgehead atoms. The van der Waals surface area contributed by atoms with Crippen LogP contribution in [0.3, 0.4) is 0 Å². The highest BCUT2D eigenvalue weighted by molar-refractivity contribution is 5.91. The summed E-state index contributed by atoms with van der Waals surface area (Å²) < 4.78 is 45.2. The van der Waals surface area contributed by atoms with Crippen molar-refractivity contribution in [2.24, 2.45) is 0 Å². The molecule has 180 valence electrons. The molecule has 0 aliphatic carbocycles. The number of aromatic nitrogens is 3. The number of methoxy groups -OCH3 is 1. The van der Waals surface area contributed by atoms with Crippen molar-refractivity contribution < 1.29 is 22.7 Å². The molecule has 0 radical (unpaired) electrons. The van der Waals surface area contributed by atoms with Gasteiger partial charge in [0.2, 0.25) is 5.69 Å². The van der Waals surface area contributed by atoms with Crippen LogP contribution in [0.1, 0.15) is 33.6 Å². The second-order valence-corrected chi connectivity index (χ2v) is 7.57. The lowest BCUT2D eigenvalue weighted by Crippen LogP contribution is -2.46. The fourth-order valence-corrected chi connectivity index (χ4v) is 3.13. The van der Waals surface area contributed by atoms with Crippen LogP contribution in [0.15, 0.2) is 58.1 Å². The van der Waals surface area contributed by atoms with Crippen molar-refractivity contribution >= 4 is 5.91 Å². The minimum Gasteiger partial charge on any atom is -0.385 e. The second kappa shape index (κ2) is 10.5. The van der Waals surface area contributed by atoms with Gasteiger partial charge in [-0.05, 0) is 43.2 Å². The number of hydrogen-bond donors (Lipinski definition) is 1. The van der Waals surface area contributed by atoms with Crippen molar-refractivity contribution in [3.8, 4) is 5.69 Å². The van der Waals surface area contributed by atoms with Gasteiger partial charge < -0.3 is 10.1 Å². The first kappa shape index (κ1) is 24.9. The smallest absolute Gasteiger partial charge is 0.385 e. The zero-order valence-electron chi connectivity index (χ0n) is 18.6. The molecular formula is C23H23F3N4O4. The summed E-state index contributed by atoms with van der Waals surface area (Å²) in [5.41, 5.74) is -1.62. The Kier molecular flexibility index (Phi) is 7.67. The average Bonchev–Trinajstić information content (AvgIpc) is 2.80. The Morgan fingerprint density at radius 3 is 2.29 bits per heavy atom. The number of carbonyl (C=O) groups excluding carboxylic acids is 1. The summed E-state index contributed by atoms with van der Waals surface area (Å²) in [6, 6.07) is 10.8. The number of carbonyl (C=O) groups is 1. The molecule has 0 saturated heterocycles. The first-order valence-electron chi connectivity index (χ1n) is 10.4. The number of rotatable bonds is 8. The van der Waals surface area contributed by atoms with E-state index in [2.05, 4.69) is 10.4 Å². The van der Waals surface area contributed by atoms with Crippen LogP contribution in [0, 0.1) is 6.92 Å². The van der Waals surface area contributed by atoms with Gasteiger partial charge in [0.1, 0.15) is 0 Å². The summed E-state index contributed by atoms with van der Waals surface area (Å²) in [6.45, 7) is 2.13. The SMILES string of the molecule is COCCCNC(=O)c1nn(-c2ccc(C)cc2)c(=O)n(Cc2ccc(C(F)(F)F)cc2)c1=O. The standard InChI is InChI=1S/C23H23F3N4O4/c1-15-4-10-18(11-5-15)30-22(33)29(14-16-6-8-17(9-7-16)23(24,25)26)21(32)19(28-30)20(31)27-12-3-13-34-2/h4-11H,3,12-14H2,1-2H3,(H,27,31). The molecule has 0 unspecified atom stereocenters. The number of amides is 1. The number of ether oxygens (including phenoxy) is 1. The molecule has 3 aromatic rings. The van der Waals surface area contributed by atoms with E-state index >= 15 is 0 Å². The molecule has 0 atom stereocenters. The van der Waals surface area contributed by atoms with Crippen LogP contribution in [-0.4, -0.2) is 40.5 Å². The number of hydrogen-bond acceptors (Lipinski definition) is 5. The Morgan fingerprint density at radius 1 is 1.06 bits per heavy atom. The maximum Gasteiger partial charge on any atom is 0.416 e. The molecule has 3 rings (SSSR count). The van der Waals surface area contributed by atoms with Gasteiger partial charge in [-0.15, -0.1) is 0 Å². The minimum atomic E-state index is -4.52. The Balaban J connectivity index is 2.05. The molecule has 0 spiro atoms. The number of aryl methyl sites for hydroxylation is 1. The van der Waals surface area contributed by atoms with Gasteiger partial charge in [0.05, 0.1) is 17.8 Å². The molecule has 34 heavy (non-hydrogen) atoms. The Morgan fingerprint density at radius 2 is 1.71 bits per heavy atom. The highest BCUT2D eigenvalue weighted by atomic mass is 19.4. The van der Waals surface area contributed by atoms with Gasteiger partial charge in [0.15, 0.2) is 0 Å². The fourth-order valence-electron chi connectivity index (χ4n) is 3.13. The molecule has 0 fully saturated rings.